The van der Waals surface area contributed by atoms with E-state index in [4.69, 9.17) is 4.74 Å². The number of nitrogens with zero attached hydrogens (tertiary/aromatic N) is 3. The Balaban J connectivity index is 1.41. The Morgan fingerprint density at radius 3 is 3.17 bits per heavy atom. The molecule has 0 spiro atoms. The first kappa shape index (κ1) is 12.0. The standard InChI is InChI=1S/C13H20N4O/c1-3-11-10-18-12(9-17(11)6-1)7-14-8-13-15-4-2-5-16-13/h2,4-5,11-12,14H,1,3,6-10H2. The van der Waals surface area contributed by atoms with Crippen LogP contribution < -0.4 is 5.32 Å². The van der Waals surface area contributed by atoms with Gasteiger partial charge in [0.2, 0.25) is 0 Å². The predicted octanol–water partition coefficient (Wildman–Crippen LogP) is 0.429. The summed E-state index contributed by atoms with van der Waals surface area (Å²) in [5.41, 5.74) is 0. The first-order valence-electron chi connectivity index (χ1n) is 6.74. The van der Waals surface area contributed by atoms with Gasteiger partial charge in [-0.05, 0) is 25.5 Å². The van der Waals surface area contributed by atoms with Gasteiger partial charge >= 0.3 is 0 Å². The van der Waals surface area contributed by atoms with Gasteiger partial charge in [0, 0.05) is 31.5 Å². The lowest BCUT2D eigenvalue weighted by molar-refractivity contribution is -0.0470. The zero-order chi connectivity index (χ0) is 12.2. The van der Waals surface area contributed by atoms with Crippen LogP contribution in [0.4, 0.5) is 0 Å². The van der Waals surface area contributed by atoms with E-state index in [-0.39, 0.29) is 0 Å². The highest BCUT2D eigenvalue weighted by atomic mass is 16.5. The molecule has 2 unspecified atom stereocenters. The third kappa shape index (κ3) is 2.85. The minimum Gasteiger partial charge on any atom is -0.374 e. The smallest absolute Gasteiger partial charge is 0.141 e. The van der Waals surface area contributed by atoms with Crippen LogP contribution in [0.3, 0.4) is 0 Å². The van der Waals surface area contributed by atoms with E-state index in [9.17, 15) is 0 Å². The zero-order valence-corrected chi connectivity index (χ0v) is 10.6. The monoisotopic (exact) mass is 248 g/mol. The fourth-order valence-electron chi connectivity index (χ4n) is 2.78. The van der Waals surface area contributed by atoms with E-state index >= 15 is 0 Å². The lowest BCUT2D eigenvalue weighted by atomic mass is 10.2. The summed E-state index contributed by atoms with van der Waals surface area (Å²) in [4.78, 5) is 10.9. The summed E-state index contributed by atoms with van der Waals surface area (Å²) in [5.74, 6) is 0.840. The summed E-state index contributed by atoms with van der Waals surface area (Å²) in [6, 6.07) is 2.51. The molecule has 5 heteroatoms. The molecule has 2 aliphatic rings. The molecule has 3 heterocycles. The van der Waals surface area contributed by atoms with Crippen LogP contribution in [0.2, 0.25) is 0 Å². The molecule has 0 bridgehead atoms. The Hall–Kier alpha value is -1.04. The summed E-state index contributed by atoms with van der Waals surface area (Å²) >= 11 is 0. The quantitative estimate of drug-likeness (QED) is 0.837. The van der Waals surface area contributed by atoms with Crippen LogP contribution in [0.15, 0.2) is 18.5 Å². The summed E-state index contributed by atoms with van der Waals surface area (Å²) < 4.78 is 5.88. The van der Waals surface area contributed by atoms with E-state index < -0.39 is 0 Å². The summed E-state index contributed by atoms with van der Waals surface area (Å²) in [6.07, 6.45) is 6.48. The van der Waals surface area contributed by atoms with Crippen molar-refractivity contribution in [3.8, 4) is 0 Å². The van der Waals surface area contributed by atoms with E-state index in [0.717, 1.165) is 25.5 Å². The van der Waals surface area contributed by atoms with Crippen molar-refractivity contribution in [2.75, 3.05) is 26.2 Å². The Labute approximate surface area is 108 Å². The van der Waals surface area contributed by atoms with Gasteiger partial charge in [0.1, 0.15) is 5.82 Å². The van der Waals surface area contributed by atoms with Crippen molar-refractivity contribution in [3.05, 3.63) is 24.3 Å². The summed E-state index contributed by atoms with van der Waals surface area (Å²) in [7, 11) is 0. The number of fused-ring (bicyclic) bond motifs is 1. The second-order valence-electron chi connectivity index (χ2n) is 5.04. The zero-order valence-electron chi connectivity index (χ0n) is 10.6. The average Bonchev–Trinajstić information content (AvgIpc) is 2.87. The molecule has 1 aromatic heterocycles. The molecule has 0 aromatic carbocycles. The van der Waals surface area contributed by atoms with E-state index in [1.54, 1.807) is 12.4 Å². The SMILES string of the molecule is c1cnc(CNCC2CN3CCCC3CO2)nc1. The topological polar surface area (TPSA) is 50.3 Å². The van der Waals surface area contributed by atoms with Gasteiger partial charge in [-0.25, -0.2) is 9.97 Å². The number of nitrogens with one attached hydrogen (secondary N) is 1. The number of aromatic nitrogens is 2. The molecule has 2 aliphatic heterocycles. The number of rotatable bonds is 4. The van der Waals surface area contributed by atoms with Crippen LogP contribution in [-0.4, -0.2) is 53.3 Å². The Morgan fingerprint density at radius 1 is 1.39 bits per heavy atom. The fourth-order valence-corrected chi connectivity index (χ4v) is 2.78. The molecular formula is C13H20N4O. The van der Waals surface area contributed by atoms with Gasteiger partial charge in [-0.15, -0.1) is 0 Å². The maximum atomic E-state index is 5.88. The second kappa shape index (κ2) is 5.73. The number of hydrogen-bond acceptors (Lipinski definition) is 5. The van der Waals surface area contributed by atoms with Crippen molar-refractivity contribution in [2.24, 2.45) is 0 Å². The van der Waals surface area contributed by atoms with Crippen LogP contribution >= 0.6 is 0 Å². The molecule has 1 aromatic rings. The van der Waals surface area contributed by atoms with Crippen molar-refractivity contribution in [1.82, 2.24) is 20.2 Å². The van der Waals surface area contributed by atoms with Gasteiger partial charge in [0.15, 0.2) is 0 Å². The van der Waals surface area contributed by atoms with E-state index in [1.807, 2.05) is 6.07 Å². The molecule has 2 fully saturated rings. The number of morpholine rings is 1. The summed E-state index contributed by atoms with van der Waals surface area (Å²) in [6.45, 7) is 4.79. The van der Waals surface area contributed by atoms with Gasteiger partial charge in [-0.3, -0.25) is 4.90 Å². The van der Waals surface area contributed by atoms with Crippen LogP contribution in [-0.2, 0) is 11.3 Å². The van der Waals surface area contributed by atoms with Crippen LogP contribution in [0.5, 0.6) is 0 Å². The number of hydrogen-bond donors (Lipinski definition) is 1. The highest BCUT2D eigenvalue weighted by molar-refractivity contribution is 4.89. The summed E-state index contributed by atoms with van der Waals surface area (Å²) in [5, 5.41) is 3.37. The third-order valence-corrected chi connectivity index (χ3v) is 3.74. The molecule has 0 aliphatic carbocycles. The van der Waals surface area contributed by atoms with Crippen LogP contribution in [0, 0.1) is 0 Å². The lowest BCUT2D eigenvalue weighted by Gasteiger charge is -2.35. The second-order valence-corrected chi connectivity index (χ2v) is 5.04. The molecule has 0 radical (unpaired) electrons. The first-order chi connectivity index (χ1) is 8.92. The highest BCUT2D eigenvalue weighted by Gasteiger charge is 2.31. The van der Waals surface area contributed by atoms with Crippen LogP contribution in [0.25, 0.3) is 0 Å². The van der Waals surface area contributed by atoms with Gasteiger partial charge in [-0.2, -0.15) is 0 Å². The maximum Gasteiger partial charge on any atom is 0.141 e. The van der Waals surface area contributed by atoms with Crippen LogP contribution in [0.1, 0.15) is 18.7 Å². The maximum absolute atomic E-state index is 5.88. The number of ether oxygens (including phenoxy) is 1. The van der Waals surface area contributed by atoms with E-state index in [2.05, 4.69) is 20.2 Å². The van der Waals surface area contributed by atoms with Crippen molar-refractivity contribution >= 4 is 0 Å². The Morgan fingerprint density at radius 2 is 2.28 bits per heavy atom. The molecule has 0 amide bonds. The minimum atomic E-state index is 0.308. The van der Waals surface area contributed by atoms with E-state index in [1.165, 1.54) is 19.4 Å². The molecule has 2 atom stereocenters. The minimum absolute atomic E-state index is 0.308. The van der Waals surface area contributed by atoms with Gasteiger partial charge in [0.25, 0.3) is 0 Å². The van der Waals surface area contributed by atoms with Gasteiger partial charge in [0.05, 0.1) is 19.3 Å². The largest absolute Gasteiger partial charge is 0.374 e. The fraction of sp³-hybridized carbons (Fsp3) is 0.692. The molecule has 18 heavy (non-hydrogen) atoms. The third-order valence-electron chi connectivity index (χ3n) is 3.74. The molecule has 0 saturated carbocycles. The normalized spacial score (nSPS) is 28.2. The molecule has 2 saturated heterocycles. The molecule has 1 N–H and O–H groups in total. The molecule has 3 rings (SSSR count). The Kier molecular flexibility index (Phi) is 3.83. The average molecular weight is 248 g/mol. The van der Waals surface area contributed by atoms with Crippen molar-refractivity contribution in [3.63, 3.8) is 0 Å². The highest BCUT2D eigenvalue weighted by Crippen LogP contribution is 2.22. The van der Waals surface area contributed by atoms with Crippen molar-refractivity contribution < 1.29 is 4.74 Å². The first-order valence-corrected chi connectivity index (χ1v) is 6.74. The predicted molar refractivity (Wildman–Crippen MR) is 68.1 cm³/mol. The Bertz CT molecular complexity index is 373. The van der Waals surface area contributed by atoms with Crippen molar-refractivity contribution in [2.45, 2.75) is 31.5 Å². The molecule has 5 nitrogen and oxygen atoms in total. The molecular weight excluding hydrogens is 228 g/mol. The van der Waals surface area contributed by atoms with Gasteiger partial charge < -0.3 is 10.1 Å². The van der Waals surface area contributed by atoms with Gasteiger partial charge in [-0.1, -0.05) is 0 Å². The molecule has 98 valence electrons. The van der Waals surface area contributed by atoms with Crippen molar-refractivity contribution in [1.29, 1.82) is 0 Å². The lowest BCUT2D eigenvalue weighted by Crippen LogP contribution is -2.49. The van der Waals surface area contributed by atoms with E-state index in [0.29, 0.717) is 18.7 Å².